The average Bonchev–Trinajstić information content (AvgIpc) is 2.62. The maximum atomic E-state index is 2.28. The summed E-state index contributed by atoms with van der Waals surface area (Å²) in [5, 5.41) is 0. The molecule has 0 unspecified atom stereocenters. The van der Waals surface area contributed by atoms with Gasteiger partial charge in [0.15, 0.2) is 0 Å². The van der Waals surface area contributed by atoms with E-state index in [2.05, 4.69) is 79.3 Å². The lowest BCUT2D eigenvalue weighted by atomic mass is 10.2. The predicted octanol–water partition coefficient (Wildman–Crippen LogP) is 6.10. The molecule has 0 saturated heterocycles. The Morgan fingerprint density at radius 3 is 1.70 bits per heavy atom. The Balaban J connectivity index is 1.80. The number of thioether (sulfide) groups is 1. The highest BCUT2D eigenvalue weighted by atomic mass is 32.2. The van der Waals surface area contributed by atoms with Crippen LogP contribution in [0.5, 0.6) is 0 Å². The molecule has 0 atom stereocenters. The largest absolute Gasteiger partial charge is 0.162 e. The molecule has 2 heteroatoms. The second-order valence-corrected chi connectivity index (χ2v) is 9.83. The van der Waals surface area contributed by atoms with E-state index in [1.54, 1.807) is 0 Å². The highest BCUT2D eigenvalue weighted by Crippen LogP contribution is 2.37. The molecule has 0 aliphatic carbocycles. The van der Waals surface area contributed by atoms with Gasteiger partial charge in [-0.3, -0.25) is 0 Å². The zero-order chi connectivity index (χ0) is 16.2. The molecule has 2 aromatic carbocycles. The summed E-state index contributed by atoms with van der Waals surface area (Å²) in [4.78, 5) is 0. The van der Waals surface area contributed by atoms with Crippen LogP contribution >= 0.6 is 19.7 Å². The SMILES string of the molecule is CCCSCCP(CCc1ccccc1)CCc1ccccc1. The van der Waals surface area contributed by atoms with E-state index in [4.69, 9.17) is 0 Å². The molecule has 23 heavy (non-hydrogen) atoms. The molecule has 0 heterocycles. The van der Waals surface area contributed by atoms with Crippen LogP contribution in [-0.2, 0) is 12.8 Å². The molecule has 0 aromatic heterocycles. The van der Waals surface area contributed by atoms with E-state index in [0.717, 1.165) is 0 Å². The molecule has 0 saturated carbocycles. The number of hydrogen-bond donors (Lipinski definition) is 0. The van der Waals surface area contributed by atoms with E-state index in [-0.39, 0.29) is 7.92 Å². The van der Waals surface area contributed by atoms with Gasteiger partial charge in [0.2, 0.25) is 0 Å². The second-order valence-electron chi connectivity index (χ2n) is 5.93. The van der Waals surface area contributed by atoms with Gasteiger partial charge in [-0.2, -0.15) is 11.8 Å². The minimum absolute atomic E-state index is 0.155. The normalized spacial score (nSPS) is 11.0. The lowest BCUT2D eigenvalue weighted by molar-refractivity contribution is 1.09. The fraction of sp³-hybridized carbons (Fsp3) is 0.429. The van der Waals surface area contributed by atoms with Gasteiger partial charge >= 0.3 is 0 Å². The van der Waals surface area contributed by atoms with E-state index in [1.807, 2.05) is 0 Å². The van der Waals surface area contributed by atoms with Crippen molar-refractivity contribution in [2.75, 3.05) is 30.0 Å². The van der Waals surface area contributed by atoms with Gasteiger partial charge in [-0.1, -0.05) is 67.6 Å². The first kappa shape index (κ1) is 18.6. The minimum Gasteiger partial charge on any atom is -0.162 e. The summed E-state index contributed by atoms with van der Waals surface area (Å²) in [7, 11) is 0.155. The van der Waals surface area contributed by atoms with Gasteiger partial charge in [0, 0.05) is 0 Å². The number of benzene rings is 2. The smallest absolute Gasteiger partial charge is 0.00281 e. The van der Waals surface area contributed by atoms with E-state index in [0.29, 0.717) is 0 Å². The van der Waals surface area contributed by atoms with E-state index in [1.165, 1.54) is 60.4 Å². The zero-order valence-electron chi connectivity index (χ0n) is 14.3. The van der Waals surface area contributed by atoms with Crippen LogP contribution in [0, 0.1) is 0 Å². The van der Waals surface area contributed by atoms with E-state index < -0.39 is 0 Å². The lowest BCUT2D eigenvalue weighted by Gasteiger charge is -2.18. The standard InChI is InChI=1S/C21H29PS/c1-2-18-23-19-17-22(15-13-20-9-5-3-6-10-20)16-14-21-11-7-4-8-12-21/h3-12H,2,13-19H2,1H3. The second kappa shape index (κ2) is 11.7. The highest BCUT2D eigenvalue weighted by Gasteiger charge is 2.09. The molecule has 2 rings (SSSR count). The number of aryl methyl sites for hydroxylation is 2. The van der Waals surface area contributed by atoms with E-state index in [9.17, 15) is 0 Å². The summed E-state index contributed by atoms with van der Waals surface area (Å²) in [5.41, 5.74) is 3.00. The Morgan fingerprint density at radius 1 is 0.696 bits per heavy atom. The van der Waals surface area contributed by atoms with Gasteiger partial charge in [-0.25, -0.2) is 0 Å². The van der Waals surface area contributed by atoms with Crippen LogP contribution in [0.2, 0.25) is 0 Å². The van der Waals surface area contributed by atoms with Gasteiger partial charge in [-0.15, -0.1) is 7.92 Å². The Hall–Kier alpha value is -0.780. The third kappa shape index (κ3) is 8.04. The van der Waals surface area contributed by atoms with Crippen LogP contribution < -0.4 is 0 Å². The minimum atomic E-state index is 0.155. The van der Waals surface area contributed by atoms with Crippen molar-refractivity contribution in [3.05, 3.63) is 71.8 Å². The van der Waals surface area contributed by atoms with Crippen LogP contribution in [0.3, 0.4) is 0 Å². The maximum Gasteiger partial charge on any atom is -0.00281 e. The fourth-order valence-corrected chi connectivity index (χ4v) is 6.50. The quantitative estimate of drug-likeness (QED) is 0.351. The van der Waals surface area contributed by atoms with Crippen LogP contribution in [-0.4, -0.2) is 30.0 Å². The zero-order valence-corrected chi connectivity index (χ0v) is 16.0. The van der Waals surface area contributed by atoms with Crippen LogP contribution in [0.4, 0.5) is 0 Å². The Labute approximate surface area is 147 Å². The predicted molar refractivity (Wildman–Crippen MR) is 109 cm³/mol. The molecule has 2 aromatic rings. The third-order valence-corrected chi connectivity index (χ3v) is 8.08. The van der Waals surface area contributed by atoms with Crippen molar-refractivity contribution >= 4 is 19.7 Å². The van der Waals surface area contributed by atoms with Gasteiger partial charge < -0.3 is 0 Å². The summed E-state index contributed by atoms with van der Waals surface area (Å²) in [5.74, 6) is 2.67. The van der Waals surface area contributed by atoms with Crippen molar-refractivity contribution in [2.24, 2.45) is 0 Å². The Kier molecular flexibility index (Phi) is 9.45. The van der Waals surface area contributed by atoms with Crippen LogP contribution in [0.15, 0.2) is 60.7 Å². The number of rotatable bonds is 11. The average molecular weight is 345 g/mol. The summed E-state index contributed by atoms with van der Waals surface area (Å²) in [6.07, 6.45) is 8.01. The summed E-state index contributed by atoms with van der Waals surface area (Å²) in [6.45, 7) is 2.28. The van der Waals surface area contributed by atoms with E-state index >= 15 is 0 Å². The molecule has 0 aliphatic heterocycles. The summed E-state index contributed by atoms with van der Waals surface area (Å²) in [6, 6.07) is 22.0. The molecular weight excluding hydrogens is 315 g/mol. The lowest BCUT2D eigenvalue weighted by Crippen LogP contribution is -2.03. The molecule has 0 amide bonds. The third-order valence-electron chi connectivity index (χ3n) is 4.02. The Morgan fingerprint density at radius 2 is 1.22 bits per heavy atom. The van der Waals surface area contributed by atoms with Gasteiger partial charge in [0.05, 0.1) is 0 Å². The number of hydrogen-bond acceptors (Lipinski definition) is 1. The highest BCUT2D eigenvalue weighted by molar-refractivity contribution is 7.99. The van der Waals surface area contributed by atoms with Crippen molar-refractivity contribution in [1.82, 2.24) is 0 Å². The molecule has 0 aliphatic rings. The van der Waals surface area contributed by atoms with Crippen molar-refractivity contribution < 1.29 is 0 Å². The monoisotopic (exact) mass is 344 g/mol. The van der Waals surface area contributed by atoms with Gasteiger partial charge in [0.25, 0.3) is 0 Å². The maximum absolute atomic E-state index is 2.28. The van der Waals surface area contributed by atoms with Crippen molar-refractivity contribution in [3.8, 4) is 0 Å². The van der Waals surface area contributed by atoms with Crippen LogP contribution in [0.1, 0.15) is 24.5 Å². The Bertz CT molecular complexity index is 468. The van der Waals surface area contributed by atoms with Gasteiger partial charge in [0.1, 0.15) is 0 Å². The summed E-state index contributed by atoms with van der Waals surface area (Å²) >= 11 is 2.14. The molecule has 0 spiro atoms. The first-order valence-electron chi connectivity index (χ1n) is 8.76. The van der Waals surface area contributed by atoms with Crippen LogP contribution in [0.25, 0.3) is 0 Å². The summed E-state index contributed by atoms with van der Waals surface area (Å²) < 4.78 is 0. The molecule has 0 fully saturated rings. The van der Waals surface area contributed by atoms with Crippen molar-refractivity contribution in [2.45, 2.75) is 26.2 Å². The molecule has 0 N–H and O–H groups in total. The van der Waals surface area contributed by atoms with Crippen molar-refractivity contribution in [1.29, 1.82) is 0 Å². The molecule has 0 bridgehead atoms. The van der Waals surface area contributed by atoms with Gasteiger partial charge in [-0.05, 0) is 60.4 Å². The topological polar surface area (TPSA) is 0 Å². The molecule has 0 radical (unpaired) electrons. The molecular formula is C21H29PS. The first-order chi connectivity index (χ1) is 11.4. The molecule has 0 nitrogen and oxygen atoms in total. The fourth-order valence-electron chi connectivity index (χ4n) is 2.64. The first-order valence-corrected chi connectivity index (χ1v) is 11.8. The van der Waals surface area contributed by atoms with Crippen molar-refractivity contribution in [3.63, 3.8) is 0 Å². The molecule has 124 valence electrons.